The summed E-state index contributed by atoms with van der Waals surface area (Å²) in [4.78, 5) is 0. The van der Waals surface area contributed by atoms with E-state index in [1.165, 1.54) is 22.5 Å². The number of halogens is 3. The second-order valence-electron chi connectivity index (χ2n) is 7.17. The summed E-state index contributed by atoms with van der Waals surface area (Å²) in [6.45, 7) is 2.03. The molecule has 0 atom stereocenters. The van der Waals surface area contributed by atoms with E-state index in [2.05, 4.69) is 15.4 Å². The maximum Gasteiger partial charge on any atom is 0.301 e. The van der Waals surface area contributed by atoms with Gasteiger partial charge in [0, 0.05) is 36.4 Å². The highest BCUT2D eigenvalue weighted by molar-refractivity contribution is 14.1. The van der Waals surface area contributed by atoms with E-state index in [1.807, 2.05) is 22.6 Å². The zero-order chi connectivity index (χ0) is 22.4. The average Bonchev–Trinajstić information content (AvgIpc) is 2.72. The fourth-order valence-electron chi connectivity index (χ4n) is 3.31. The van der Waals surface area contributed by atoms with Crippen LogP contribution in [0.3, 0.4) is 0 Å². The molecule has 1 aliphatic rings. The molecule has 2 aromatic carbocycles. The first kappa shape index (κ1) is 24.1. The van der Waals surface area contributed by atoms with Crippen LogP contribution in [0.2, 0.25) is 0 Å². The van der Waals surface area contributed by atoms with Crippen LogP contribution in [0.5, 0.6) is 0 Å². The van der Waals surface area contributed by atoms with Crippen molar-refractivity contribution in [1.29, 1.82) is 0 Å². The third kappa shape index (κ3) is 6.72. The number of anilines is 3. The van der Waals surface area contributed by atoms with E-state index in [1.54, 1.807) is 13.2 Å². The Balaban J connectivity index is 1.70. The average molecular weight is 566 g/mol. The number of hydrogen-bond acceptors (Lipinski definition) is 5. The van der Waals surface area contributed by atoms with Gasteiger partial charge in [0.15, 0.2) is 0 Å². The molecule has 1 fully saturated rings. The second kappa shape index (κ2) is 10.9. The zero-order valence-corrected chi connectivity index (χ0v) is 20.0. The molecule has 11 heteroatoms. The van der Waals surface area contributed by atoms with Gasteiger partial charge in [0.2, 0.25) is 0 Å². The molecule has 170 valence electrons. The van der Waals surface area contributed by atoms with Crippen molar-refractivity contribution in [2.24, 2.45) is 0 Å². The third-order valence-corrected chi connectivity index (χ3v) is 7.15. The molecule has 0 aromatic heterocycles. The number of hydrogen-bond donors (Lipinski definition) is 3. The van der Waals surface area contributed by atoms with Gasteiger partial charge in [0.25, 0.3) is 0 Å². The van der Waals surface area contributed by atoms with Crippen LogP contribution < -0.4 is 15.4 Å². The molecule has 0 spiro atoms. The third-order valence-electron chi connectivity index (χ3n) is 4.95. The molecule has 1 aliphatic heterocycles. The van der Waals surface area contributed by atoms with Crippen LogP contribution in [0.4, 0.5) is 25.8 Å². The molecule has 2 aromatic rings. The minimum atomic E-state index is -3.86. The maximum absolute atomic E-state index is 14.2. The first-order valence-electron chi connectivity index (χ1n) is 9.80. The van der Waals surface area contributed by atoms with E-state index in [9.17, 15) is 17.2 Å². The number of methoxy groups -OCH3 is 1. The van der Waals surface area contributed by atoms with E-state index < -0.39 is 21.8 Å². The summed E-state index contributed by atoms with van der Waals surface area (Å²) < 4.78 is 63.5. The van der Waals surface area contributed by atoms with Crippen molar-refractivity contribution in [3.63, 3.8) is 0 Å². The Morgan fingerprint density at radius 2 is 1.81 bits per heavy atom. The van der Waals surface area contributed by atoms with Crippen molar-refractivity contribution in [2.75, 3.05) is 43.4 Å². The minimum absolute atomic E-state index is 0.120. The van der Waals surface area contributed by atoms with Gasteiger partial charge < -0.3 is 15.4 Å². The summed E-state index contributed by atoms with van der Waals surface area (Å²) in [5.74, 6) is -1.09. The topological polar surface area (TPSA) is 82.7 Å². The van der Waals surface area contributed by atoms with Gasteiger partial charge in [0.1, 0.15) is 11.6 Å². The highest BCUT2D eigenvalue weighted by Gasteiger charge is 2.28. The molecular weight excluding hydrogens is 541 g/mol. The molecule has 3 N–H and O–H groups in total. The first-order valence-corrected chi connectivity index (χ1v) is 12.3. The summed E-state index contributed by atoms with van der Waals surface area (Å²) in [6, 6.07) is 8.37. The van der Waals surface area contributed by atoms with Crippen molar-refractivity contribution in [1.82, 2.24) is 9.62 Å². The van der Waals surface area contributed by atoms with Gasteiger partial charge in [-0.1, -0.05) is 0 Å². The second-order valence-corrected chi connectivity index (χ2v) is 10.1. The van der Waals surface area contributed by atoms with Gasteiger partial charge in [-0.15, -0.1) is 0 Å². The lowest BCUT2D eigenvalue weighted by atomic mass is 10.1. The first-order chi connectivity index (χ1) is 14.8. The van der Waals surface area contributed by atoms with Crippen LogP contribution in [-0.4, -0.2) is 52.1 Å². The predicted octanol–water partition coefficient (Wildman–Crippen LogP) is 3.67. The largest absolute Gasteiger partial charge is 0.383 e. The zero-order valence-electron chi connectivity index (χ0n) is 17.0. The van der Waals surface area contributed by atoms with Crippen molar-refractivity contribution in [3.8, 4) is 0 Å². The molecule has 1 heterocycles. The predicted molar refractivity (Wildman–Crippen MR) is 126 cm³/mol. The summed E-state index contributed by atoms with van der Waals surface area (Å²) >= 11 is 1.98. The van der Waals surface area contributed by atoms with Gasteiger partial charge in [-0.3, -0.25) is 4.72 Å². The molecule has 0 saturated carbocycles. The van der Waals surface area contributed by atoms with Gasteiger partial charge in [0.05, 0.1) is 23.7 Å². The summed E-state index contributed by atoms with van der Waals surface area (Å²) in [5, 5.41) is 6.13. The van der Waals surface area contributed by atoms with Crippen LogP contribution >= 0.6 is 22.6 Å². The molecule has 1 saturated heterocycles. The molecule has 31 heavy (non-hydrogen) atoms. The van der Waals surface area contributed by atoms with Crippen LogP contribution in [0, 0.1) is 15.2 Å². The summed E-state index contributed by atoms with van der Waals surface area (Å²) in [7, 11) is -2.22. The summed E-state index contributed by atoms with van der Waals surface area (Å²) in [6.07, 6.45) is 1.35. The van der Waals surface area contributed by atoms with Crippen molar-refractivity contribution in [3.05, 3.63) is 51.6 Å². The van der Waals surface area contributed by atoms with Gasteiger partial charge in [-0.25, -0.2) is 8.78 Å². The molecule has 3 rings (SSSR count). The minimum Gasteiger partial charge on any atom is -0.383 e. The Kier molecular flexibility index (Phi) is 8.44. The van der Waals surface area contributed by atoms with E-state index in [4.69, 9.17) is 4.74 Å². The van der Waals surface area contributed by atoms with E-state index in [0.29, 0.717) is 42.7 Å². The van der Waals surface area contributed by atoms with E-state index >= 15 is 0 Å². The monoisotopic (exact) mass is 566 g/mol. The lowest BCUT2D eigenvalue weighted by Gasteiger charge is -2.32. The van der Waals surface area contributed by atoms with E-state index in [0.717, 1.165) is 12.1 Å². The highest BCUT2D eigenvalue weighted by Crippen LogP contribution is 2.30. The number of nitrogens with zero attached hydrogens (tertiary/aromatic N) is 1. The lowest BCUT2D eigenvalue weighted by molar-refractivity contribution is 0.189. The van der Waals surface area contributed by atoms with Crippen LogP contribution in [0.1, 0.15) is 12.8 Å². The molecular formula is C20H25F2IN4O3S. The Hall–Kier alpha value is -1.54. The Labute approximate surface area is 194 Å². The number of piperidine rings is 1. The molecule has 0 radical (unpaired) electrons. The van der Waals surface area contributed by atoms with Crippen LogP contribution in [0.25, 0.3) is 0 Å². The number of ether oxygens (including phenoxy) is 1. The molecule has 0 unspecified atom stereocenters. The van der Waals surface area contributed by atoms with Crippen molar-refractivity contribution >= 4 is 49.9 Å². The molecule has 0 bridgehead atoms. The van der Waals surface area contributed by atoms with Gasteiger partial charge in [-0.05, 0) is 71.8 Å². The molecule has 0 amide bonds. The van der Waals surface area contributed by atoms with Crippen molar-refractivity contribution in [2.45, 2.75) is 18.9 Å². The smallest absolute Gasteiger partial charge is 0.301 e. The van der Waals surface area contributed by atoms with Gasteiger partial charge >= 0.3 is 10.2 Å². The van der Waals surface area contributed by atoms with Gasteiger partial charge in [-0.2, -0.15) is 12.7 Å². The SMILES string of the molecule is COCCNC1CCN(S(=O)(=O)Nc2ccc(F)cc2Nc2ccc(I)cc2F)CC1. The Morgan fingerprint density at radius 1 is 1.10 bits per heavy atom. The fourth-order valence-corrected chi connectivity index (χ4v) is 5.04. The lowest BCUT2D eigenvalue weighted by Crippen LogP contribution is -2.47. The van der Waals surface area contributed by atoms with Crippen LogP contribution in [0.15, 0.2) is 36.4 Å². The fraction of sp³-hybridized carbons (Fsp3) is 0.400. The Bertz CT molecular complexity index is 1000. The number of nitrogens with one attached hydrogen (secondary N) is 3. The highest BCUT2D eigenvalue weighted by atomic mass is 127. The number of rotatable bonds is 9. The summed E-state index contributed by atoms with van der Waals surface area (Å²) in [5.41, 5.74) is 0.383. The van der Waals surface area contributed by atoms with Crippen molar-refractivity contribution < 1.29 is 21.9 Å². The van der Waals surface area contributed by atoms with E-state index in [-0.39, 0.29) is 23.1 Å². The maximum atomic E-state index is 14.2. The molecule has 0 aliphatic carbocycles. The molecule has 7 nitrogen and oxygen atoms in total. The standard InChI is InChI=1S/C20H25F2IN4O3S/c1-30-11-8-24-16-6-9-27(10-7-16)31(28,29)26-19-4-2-14(21)12-20(19)25-18-5-3-15(23)13-17(18)22/h2-5,12-13,16,24-26H,6-11H2,1H3. The Morgan fingerprint density at radius 3 is 2.48 bits per heavy atom. The van der Waals surface area contributed by atoms with Crippen LogP contribution in [-0.2, 0) is 14.9 Å². The number of benzene rings is 2. The normalized spacial score (nSPS) is 15.7. The quantitative estimate of drug-likeness (QED) is 0.319.